The summed E-state index contributed by atoms with van der Waals surface area (Å²) in [5.41, 5.74) is -1.97. The van der Waals surface area contributed by atoms with Crippen LogP contribution in [-0.4, -0.2) is 27.0 Å². The summed E-state index contributed by atoms with van der Waals surface area (Å²) in [5.74, 6) is -0.954. The van der Waals surface area contributed by atoms with Crippen LogP contribution in [0.15, 0.2) is 47.4 Å². The van der Waals surface area contributed by atoms with Gasteiger partial charge in [0.2, 0.25) is 5.43 Å². The minimum Gasteiger partial charge on any atom is -0.462 e. The van der Waals surface area contributed by atoms with E-state index in [-0.39, 0.29) is 33.9 Å². The Bertz CT molecular complexity index is 1240. The van der Waals surface area contributed by atoms with E-state index < -0.39 is 32.5 Å². The van der Waals surface area contributed by atoms with Gasteiger partial charge in [-0.1, -0.05) is 23.7 Å². The zero-order valence-electron chi connectivity index (χ0n) is 14.8. The summed E-state index contributed by atoms with van der Waals surface area (Å²) in [7, 11) is 0. The van der Waals surface area contributed by atoms with Crippen LogP contribution in [0.4, 0.5) is 11.4 Å². The number of halogens is 1. The first kappa shape index (κ1) is 20.0. The molecule has 2 aromatic carbocycles. The molecule has 0 bridgehead atoms. The molecular weight excluding hydrogens is 406 g/mol. The minimum atomic E-state index is -0.954. The van der Waals surface area contributed by atoms with Crippen LogP contribution in [0.3, 0.4) is 0 Å². The normalized spacial score (nSPS) is 10.7. The van der Waals surface area contributed by atoms with Crippen LogP contribution in [0.1, 0.15) is 17.3 Å². The van der Waals surface area contributed by atoms with Crippen molar-refractivity contribution in [1.82, 2.24) is 4.57 Å². The molecule has 0 atom stereocenters. The smallest absolute Gasteiger partial charge is 0.343 e. The van der Waals surface area contributed by atoms with Crippen molar-refractivity contribution in [3.8, 4) is 5.69 Å². The predicted octanol–water partition coefficient (Wildman–Crippen LogP) is 3.64. The molecule has 0 aliphatic rings. The highest BCUT2D eigenvalue weighted by Gasteiger charge is 2.24. The van der Waals surface area contributed by atoms with Gasteiger partial charge in [0.25, 0.3) is 11.4 Å². The second kappa shape index (κ2) is 7.68. The topological polar surface area (TPSA) is 135 Å². The first-order valence-corrected chi connectivity index (χ1v) is 8.58. The Morgan fingerprint density at radius 1 is 1.14 bits per heavy atom. The summed E-state index contributed by atoms with van der Waals surface area (Å²) in [4.78, 5) is 46.4. The number of fused-ring (bicyclic) bond motifs is 1. The fourth-order valence-electron chi connectivity index (χ4n) is 2.85. The number of pyridine rings is 1. The number of nitrogens with zero attached hydrogens (tertiary/aromatic N) is 3. The van der Waals surface area contributed by atoms with E-state index in [0.29, 0.717) is 0 Å². The van der Waals surface area contributed by atoms with E-state index in [9.17, 15) is 29.8 Å². The number of benzene rings is 2. The highest BCUT2D eigenvalue weighted by Crippen LogP contribution is 2.32. The van der Waals surface area contributed by atoms with Gasteiger partial charge in [-0.3, -0.25) is 25.0 Å². The second-order valence-electron chi connectivity index (χ2n) is 5.79. The lowest BCUT2D eigenvalue weighted by Gasteiger charge is -2.14. The van der Waals surface area contributed by atoms with E-state index in [4.69, 9.17) is 16.3 Å². The number of carbonyl (C=O) groups excluding carboxylic acids is 1. The lowest BCUT2D eigenvalue weighted by atomic mass is 10.1. The highest BCUT2D eigenvalue weighted by molar-refractivity contribution is 6.33. The Kier molecular flexibility index (Phi) is 5.29. The number of rotatable bonds is 5. The van der Waals surface area contributed by atoms with Gasteiger partial charge >= 0.3 is 5.97 Å². The molecule has 29 heavy (non-hydrogen) atoms. The van der Waals surface area contributed by atoms with Gasteiger partial charge in [-0.25, -0.2) is 4.79 Å². The molecule has 0 fully saturated rings. The van der Waals surface area contributed by atoms with Gasteiger partial charge < -0.3 is 9.30 Å². The van der Waals surface area contributed by atoms with Crippen molar-refractivity contribution in [3.63, 3.8) is 0 Å². The summed E-state index contributed by atoms with van der Waals surface area (Å²) < 4.78 is 6.10. The maximum atomic E-state index is 12.8. The van der Waals surface area contributed by atoms with Crippen molar-refractivity contribution in [2.45, 2.75) is 6.92 Å². The molecule has 1 heterocycles. The van der Waals surface area contributed by atoms with E-state index in [2.05, 4.69) is 0 Å². The molecule has 0 unspecified atom stereocenters. The van der Waals surface area contributed by atoms with Gasteiger partial charge in [0.1, 0.15) is 16.3 Å². The van der Waals surface area contributed by atoms with Crippen LogP contribution in [0.25, 0.3) is 16.6 Å². The van der Waals surface area contributed by atoms with Gasteiger partial charge in [-0.05, 0) is 19.1 Å². The average molecular weight is 418 g/mol. The van der Waals surface area contributed by atoms with Gasteiger partial charge in [0.15, 0.2) is 0 Å². The summed E-state index contributed by atoms with van der Waals surface area (Å²) >= 11 is 5.98. The molecule has 10 nitrogen and oxygen atoms in total. The quantitative estimate of drug-likeness (QED) is 0.351. The molecular formula is C18H12ClN3O7. The van der Waals surface area contributed by atoms with E-state index >= 15 is 0 Å². The standard InChI is InChI=1S/C18H12ClN3O7/c1-2-29-18(24)11-9-20(13-5-3-4-6-14(13)21(25)26)15-8-12(19)16(22(27)28)7-10(15)17(11)23/h3-9H,2H2,1H3. The molecule has 0 saturated carbocycles. The van der Waals surface area contributed by atoms with E-state index in [1.54, 1.807) is 6.92 Å². The maximum Gasteiger partial charge on any atom is 0.343 e. The Morgan fingerprint density at radius 2 is 1.79 bits per heavy atom. The number of nitro groups is 2. The van der Waals surface area contributed by atoms with Crippen LogP contribution in [0.2, 0.25) is 5.02 Å². The van der Waals surface area contributed by atoms with Crippen LogP contribution in [0, 0.1) is 20.2 Å². The Morgan fingerprint density at radius 3 is 2.41 bits per heavy atom. The molecule has 0 aliphatic heterocycles. The molecule has 0 amide bonds. The summed E-state index contributed by atoms with van der Waals surface area (Å²) in [5, 5.41) is 22.2. The van der Waals surface area contributed by atoms with Crippen LogP contribution < -0.4 is 5.43 Å². The number of para-hydroxylation sites is 2. The van der Waals surface area contributed by atoms with Crippen LogP contribution in [-0.2, 0) is 4.74 Å². The number of carbonyl (C=O) groups is 1. The van der Waals surface area contributed by atoms with E-state index in [0.717, 1.165) is 18.3 Å². The third-order valence-corrected chi connectivity index (χ3v) is 4.40. The minimum absolute atomic E-state index is 0.0113. The predicted molar refractivity (Wildman–Crippen MR) is 104 cm³/mol. The molecule has 3 rings (SSSR count). The molecule has 0 radical (unpaired) electrons. The molecule has 3 aromatic rings. The molecule has 0 aliphatic carbocycles. The first-order chi connectivity index (χ1) is 13.8. The fourth-order valence-corrected chi connectivity index (χ4v) is 3.08. The van der Waals surface area contributed by atoms with E-state index in [1.807, 2.05) is 0 Å². The van der Waals surface area contributed by atoms with Crippen molar-refractivity contribution in [2.75, 3.05) is 6.61 Å². The van der Waals surface area contributed by atoms with Crippen molar-refractivity contribution < 1.29 is 19.4 Å². The number of hydrogen-bond donors (Lipinski definition) is 0. The van der Waals surface area contributed by atoms with Crippen molar-refractivity contribution in [2.24, 2.45) is 0 Å². The SMILES string of the molecule is CCOC(=O)c1cn(-c2ccccc2[N+](=O)[O-])c2cc(Cl)c([N+](=O)[O-])cc2c1=O. The molecule has 0 saturated heterocycles. The number of ether oxygens (including phenoxy) is 1. The van der Waals surface area contributed by atoms with Gasteiger partial charge in [-0.2, -0.15) is 0 Å². The molecule has 148 valence electrons. The van der Waals surface area contributed by atoms with Crippen molar-refractivity contribution >= 4 is 39.8 Å². The highest BCUT2D eigenvalue weighted by atomic mass is 35.5. The van der Waals surface area contributed by atoms with Crippen molar-refractivity contribution in [3.05, 3.63) is 83.6 Å². The van der Waals surface area contributed by atoms with Crippen LogP contribution >= 0.6 is 11.6 Å². The van der Waals surface area contributed by atoms with Gasteiger partial charge in [0, 0.05) is 18.3 Å². The average Bonchev–Trinajstić information content (AvgIpc) is 2.67. The van der Waals surface area contributed by atoms with Crippen LogP contribution in [0.5, 0.6) is 0 Å². The summed E-state index contributed by atoms with van der Waals surface area (Å²) in [6, 6.07) is 7.73. The Balaban J connectivity index is 2.49. The number of aromatic nitrogens is 1. The zero-order chi connectivity index (χ0) is 21.3. The first-order valence-electron chi connectivity index (χ1n) is 8.20. The maximum absolute atomic E-state index is 12.8. The molecule has 0 spiro atoms. The van der Waals surface area contributed by atoms with Crippen molar-refractivity contribution in [1.29, 1.82) is 0 Å². The van der Waals surface area contributed by atoms with E-state index in [1.165, 1.54) is 28.8 Å². The zero-order valence-corrected chi connectivity index (χ0v) is 15.6. The summed E-state index contributed by atoms with van der Waals surface area (Å²) in [6.45, 7) is 1.53. The lowest BCUT2D eigenvalue weighted by Crippen LogP contribution is -2.21. The fraction of sp³-hybridized carbons (Fsp3) is 0.111. The molecule has 0 N–H and O–H groups in total. The number of esters is 1. The Hall–Kier alpha value is -3.79. The second-order valence-corrected chi connectivity index (χ2v) is 6.19. The Labute approximate surface area is 167 Å². The number of nitro benzene ring substituents is 2. The molecule has 11 heteroatoms. The molecule has 1 aromatic heterocycles. The van der Waals surface area contributed by atoms with Gasteiger partial charge in [-0.15, -0.1) is 0 Å². The largest absolute Gasteiger partial charge is 0.462 e. The van der Waals surface area contributed by atoms with Gasteiger partial charge in [0.05, 0.1) is 27.4 Å². The lowest BCUT2D eigenvalue weighted by molar-refractivity contribution is -0.384. The monoisotopic (exact) mass is 417 g/mol. The third-order valence-electron chi connectivity index (χ3n) is 4.10. The third kappa shape index (κ3) is 3.52. The summed E-state index contributed by atoms with van der Waals surface area (Å²) in [6.07, 6.45) is 1.10. The number of hydrogen-bond acceptors (Lipinski definition) is 7.